The summed E-state index contributed by atoms with van der Waals surface area (Å²) in [6.45, 7) is 2.53. The molecule has 0 amide bonds. The van der Waals surface area contributed by atoms with Crippen LogP contribution >= 0.6 is 0 Å². The van der Waals surface area contributed by atoms with Gasteiger partial charge in [-0.15, -0.1) is 0 Å². The normalized spacial score (nSPS) is 28.1. The summed E-state index contributed by atoms with van der Waals surface area (Å²) in [6.07, 6.45) is 3.77. The molecular weight excluding hydrogens is 200 g/mol. The van der Waals surface area contributed by atoms with Gasteiger partial charge in [-0.3, -0.25) is 0 Å². The Kier molecular flexibility index (Phi) is 4.34. The van der Waals surface area contributed by atoms with Gasteiger partial charge in [-0.25, -0.2) is 13.1 Å². The predicted octanol–water partition coefficient (Wildman–Crippen LogP) is 0.443. The predicted molar refractivity (Wildman–Crippen MR) is 57.4 cm³/mol. The van der Waals surface area contributed by atoms with Crippen molar-refractivity contribution in [3.63, 3.8) is 0 Å². The molecule has 84 valence electrons. The summed E-state index contributed by atoms with van der Waals surface area (Å²) in [5.41, 5.74) is 5.28. The van der Waals surface area contributed by atoms with Crippen molar-refractivity contribution in [3.05, 3.63) is 0 Å². The number of nitrogens with two attached hydrogens (primary N) is 1. The Balaban J connectivity index is 2.42. The van der Waals surface area contributed by atoms with Crippen LogP contribution in [0, 0.1) is 5.92 Å². The first-order valence-corrected chi connectivity index (χ1v) is 6.90. The topological polar surface area (TPSA) is 72.2 Å². The average Bonchev–Trinajstić information content (AvgIpc) is 2.48. The van der Waals surface area contributed by atoms with Crippen LogP contribution in [0.4, 0.5) is 0 Å². The van der Waals surface area contributed by atoms with Crippen LogP contribution in [0.25, 0.3) is 0 Å². The maximum Gasteiger partial charge on any atom is 0.211 e. The highest BCUT2D eigenvalue weighted by Gasteiger charge is 2.26. The zero-order chi connectivity index (χ0) is 10.6. The summed E-state index contributed by atoms with van der Waals surface area (Å²) in [7, 11) is -3.09. The fourth-order valence-corrected chi connectivity index (χ4v) is 3.36. The summed E-state index contributed by atoms with van der Waals surface area (Å²) in [4.78, 5) is 0. The molecule has 0 heterocycles. The third-order valence-corrected chi connectivity index (χ3v) is 4.30. The van der Waals surface area contributed by atoms with Gasteiger partial charge in [0.15, 0.2) is 0 Å². The Morgan fingerprint density at radius 2 is 2.14 bits per heavy atom. The van der Waals surface area contributed by atoms with Gasteiger partial charge < -0.3 is 5.73 Å². The molecule has 0 radical (unpaired) electrons. The average molecular weight is 220 g/mol. The first-order valence-electron chi connectivity index (χ1n) is 5.25. The molecule has 5 heteroatoms. The van der Waals surface area contributed by atoms with E-state index >= 15 is 0 Å². The van der Waals surface area contributed by atoms with Gasteiger partial charge >= 0.3 is 0 Å². The van der Waals surface area contributed by atoms with Crippen molar-refractivity contribution in [2.24, 2.45) is 11.7 Å². The van der Waals surface area contributed by atoms with Gasteiger partial charge in [-0.05, 0) is 31.7 Å². The third kappa shape index (κ3) is 3.55. The Bertz CT molecular complexity index is 264. The Labute approximate surface area is 86.3 Å². The minimum absolute atomic E-state index is 0.151. The number of rotatable bonds is 5. The molecule has 1 saturated carbocycles. The molecule has 2 unspecified atom stereocenters. The molecule has 3 N–H and O–H groups in total. The van der Waals surface area contributed by atoms with Crippen LogP contribution in [0.1, 0.15) is 32.6 Å². The molecule has 1 rings (SSSR count). The van der Waals surface area contributed by atoms with Gasteiger partial charge in [0.2, 0.25) is 10.0 Å². The van der Waals surface area contributed by atoms with E-state index in [1.54, 1.807) is 0 Å². The summed E-state index contributed by atoms with van der Waals surface area (Å²) in [5, 5.41) is 0. The van der Waals surface area contributed by atoms with Crippen LogP contribution in [-0.4, -0.2) is 26.8 Å². The van der Waals surface area contributed by atoms with E-state index in [0.717, 1.165) is 19.3 Å². The van der Waals surface area contributed by atoms with E-state index in [2.05, 4.69) is 11.6 Å². The highest BCUT2D eigenvalue weighted by molar-refractivity contribution is 7.89. The summed E-state index contributed by atoms with van der Waals surface area (Å²) in [5.74, 6) is 0.634. The standard InChI is InChI=1S/C9H20N2O2S/c1-8-4-2-5-9(8)11-14(12,13)7-3-6-10/h8-9,11H,2-7,10H2,1H3. The van der Waals surface area contributed by atoms with E-state index < -0.39 is 10.0 Å². The molecule has 0 aromatic carbocycles. The molecule has 2 atom stereocenters. The molecule has 4 nitrogen and oxygen atoms in total. The lowest BCUT2D eigenvalue weighted by Crippen LogP contribution is -2.38. The van der Waals surface area contributed by atoms with Crippen molar-refractivity contribution in [1.29, 1.82) is 0 Å². The van der Waals surface area contributed by atoms with E-state index in [9.17, 15) is 8.42 Å². The van der Waals surface area contributed by atoms with Crippen molar-refractivity contribution in [3.8, 4) is 0 Å². The van der Waals surface area contributed by atoms with Gasteiger partial charge in [0.1, 0.15) is 0 Å². The molecule has 0 aliphatic heterocycles. The molecule has 0 bridgehead atoms. The second kappa shape index (κ2) is 5.09. The fraction of sp³-hybridized carbons (Fsp3) is 1.00. The van der Waals surface area contributed by atoms with E-state index in [0.29, 0.717) is 18.9 Å². The lowest BCUT2D eigenvalue weighted by atomic mass is 10.1. The quantitative estimate of drug-likeness (QED) is 0.706. The van der Waals surface area contributed by atoms with Gasteiger partial charge in [0.05, 0.1) is 5.75 Å². The van der Waals surface area contributed by atoms with Crippen molar-refractivity contribution >= 4 is 10.0 Å². The summed E-state index contributed by atoms with van der Waals surface area (Å²) >= 11 is 0. The highest BCUT2D eigenvalue weighted by Crippen LogP contribution is 2.25. The van der Waals surface area contributed by atoms with Gasteiger partial charge in [-0.2, -0.15) is 0 Å². The number of nitrogens with one attached hydrogen (secondary N) is 1. The molecular formula is C9H20N2O2S. The number of hydrogen-bond acceptors (Lipinski definition) is 3. The molecule has 1 aliphatic rings. The number of sulfonamides is 1. The minimum Gasteiger partial charge on any atom is -0.330 e. The first-order chi connectivity index (χ1) is 6.55. The monoisotopic (exact) mass is 220 g/mol. The van der Waals surface area contributed by atoms with Crippen molar-refractivity contribution < 1.29 is 8.42 Å². The van der Waals surface area contributed by atoms with E-state index in [1.165, 1.54) is 0 Å². The third-order valence-electron chi connectivity index (χ3n) is 2.81. The Morgan fingerprint density at radius 3 is 2.64 bits per heavy atom. The van der Waals surface area contributed by atoms with Crippen LogP contribution in [0.15, 0.2) is 0 Å². The van der Waals surface area contributed by atoms with E-state index in [-0.39, 0.29) is 11.8 Å². The highest BCUT2D eigenvalue weighted by atomic mass is 32.2. The van der Waals surface area contributed by atoms with Crippen molar-refractivity contribution in [2.75, 3.05) is 12.3 Å². The van der Waals surface area contributed by atoms with E-state index in [4.69, 9.17) is 5.73 Å². The van der Waals surface area contributed by atoms with Gasteiger partial charge in [0.25, 0.3) is 0 Å². The smallest absolute Gasteiger partial charge is 0.211 e. The second-order valence-corrected chi connectivity index (χ2v) is 5.97. The van der Waals surface area contributed by atoms with E-state index in [1.807, 2.05) is 0 Å². The zero-order valence-corrected chi connectivity index (χ0v) is 9.52. The van der Waals surface area contributed by atoms with Gasteiger partial charge in [0, 0.05) is 6.04 Å². The van der Waals surface area contributed by atoms with Crippen LogP contribution in [0.5, 0.6) is 0 Å². The van der Waals surface area contributed by atoms with Crippen LogP contribution < -0.4 is 10.5 Å². The minimum atomic E-state index is -3.09. The summed E-state index contributed by atoms with van der Waals surface area (Å²) < 4.78 is 25.8. The molecule has 14 heavy (non-hydrogen) atoms. The largest absolute Gasteiger partial charge is 0.330 e. The van der Waals surface area contributed by atoms with Gasteiger partial charge in [-0.1, -0.05) is 13.3 Å². The number of hydrogen-bond donors (Lipinski definition) is 2. The lowest BCUT2D eigenvalue weighted by molar-refractivity contribution is 0.476. The van der Waals surface area contributed by atoms with Crippen molar-refractivity contribution in [1.82, 2.24) is 4.72 Å². The van der Waals surface area contributed by atoms with Crippen LogP contribution in [0.2, 0.25) is 0 Å². The molecule has 0 saturated heterocycles. The van der Waals surface area contributed by atoms with Crippen LogP contribution in [-0.2, 0) is 10.0 Å². The molecule has 0 aromatic rings. The Morgan fingerprint density at radius 1 is 1.43 bits per heavy atom. The van der Waals surface area contributed by atoms with Crippen LogP contribution in [0.3, 0.4) is 0 Å². The van der Waals surface area contributed by atoms with Crippen molar-refractivity contribution in [2.45, 2.75) is 38.6 Å². The molecule has 1 fully saturated rings. The fourth-order valence-electron chi connectivity index (χ4n) is 1.88. The first kappa shape index (κ1) is 11.9. The Hall–Kier alpha value is -0.130. The lowest BCUT2D eigenvalue weighted by Gasteiger charge is -2.16. The zero-order valence-electron chi connectivity index (χ0n) is 8.70. The molecule has 0 spiro atoms. The maximum atomic E-state index is 11.5. The second-order valence-electron chi connectivity index (χ2n) is 4.09. The summed E-state index contributed by atoms with van der Waals surface area (Å²) in [6, 6.07) is 0.151. The SMILES string of the molecule is CC1CCCC1NS(=O)(=O)CCCN. The molecule has 1 aliphatic carbocycles. The molecule has 0 aromatic heterocycles. The maximum absolute atomic E-state index is 11.5.